The van der Waals surface area contributed by atoms with Crippen LogP contribution in [0.2, 0.25) is 0 Å². The number of hydrogen-bond acceptors (Lipinski definition) is 4. The van der Waals surface area contributed by atoms with Gasteiger partial charge in [0.25, 0.3) is 0 Å². The second-order valence-corrected chi connectivity index (χ2v) is 6.11. The van der Waals surface area contributed by atoms with Gasteiger partial charge in [-0.2, -0.15) is 0 Å². The van der Waals surface area contributed by atoms with E-state index in [4.69, 9.17) is 9.47 Å². The highest BCUT2D eigenvalue weighted by Gasteiger charge is 2.57. The molecule has 1 heterocycles. The summed E-state index contributed by atoms with van der Waals surface area (Å²) >= 11 is 0. The Kier molecular flexibility index (Phi) is 3.92. The minimum atomic E-state index is -0.831. The van der Waals surface area contributed by atoms with Crippen LogP contribution in [0, 0.1) is 5.41 Å². The van der Waals surface area contributed by atoms with Crippen LogP contribution < -0.4 is 14.8 Å². The van der Waals surface area contributed by atoms with E-state index in [-0.39, 0.29) is 11.8 Å². The van der Waals surface area contributed by atoms with Crippen LogP contribution in [-0.4, -0.2) is 44.5 Å². The van der Waals surface area contributed by atoms with Crippen molar-refractivity contribution < 1.29 is 19.1 Å². The van der Waals surface area contributed by atoms with Crippen molar-refractivity contribution >= 4 is 11.8 Å². The van der Waals surface area contributed by atoms with Crippen molar-refractivity contribution in [3.05, 3.63) is 23.3 Å². The first-order chi connectivity index (χ1) is 11.1. The van der Waals surface area contributed by atoms with E-state index >= 15 is 0 Å². The summed E-state index contributed by atoms with van der Waals surface area (Å²) in [5, 5.41) is 2.62. The van der Waals surface area contributed by atoms with Crippen molar-refractivity contribution in [2.24, 2.45) is 5.41 Å². The molecule has 0 saturated heterocycles. The molecule has 1 aliphatic carbocycles. The van der Waals surface area contributed by atoms with Crippen LogP contribution in [0.5, 0.6) is 11.5 Å². The number of fused-ring (bicyclic) bond motifs is 1. The number of amides is 2. The minimum absolute atomic E-state index is 0.0581. The number of methoxy groups -OCH3 is 2. The van der Waals surface area contributed by atoms with E-state index < -0.39 is 5.41 Å². The number of carbonyl (C=O) groups excluding carboxylic acids is 2. The lowest BCUT2D eigenvalue weighted by Crippen LogP contribution is -2.46. The topological polar surface area (TPSA) is 67.9 Å². The molecule has 1 saturated carbocycles. The summed E-state index contributed by atoms with van der Waals surface area (Å²) in [7, 11) is 4.79. The van der Waals surface area contributed by atoms with Crippen LogP contribution in [0.4, 0.5) is 0 Å². The molecule has 3 rings (SSSR count). The van der Waals surface area contributed by atoms with Crippen LogP contribution in [-0.2, 0) is 22.6 Å². The van der Waals surface area contributed by atoms with E-state index in [1.54, 1.807) is 26.2 Å². The molecule has 0 bridgehead atoms. The number of hydrogen-bond donors (Lipinski definition) is 1. The molecule has 1 N–H and O–H groups in total. The van der Waals surface area contributed by atoms with Gasteiger partial charge >= 0.3 is 0 Å². The number of nitrogens with one attached hydrogen (secondary N) is 1. The molecule has 0 aromatic heterocycles. The van der Waals surface area contributed by atoms with Gasteiger partial charge in [0.2, 0.25) is 11.8 Å². The summed E-state index contributed by atoms with van der Waals surface area (Å²) in [5.41, 5.74) is 1.38. The number of carbonyl (C=O) groups is 2. The van der Waals surface area contributed by atoms with Gasteiger partial charge in [0.15, 0.2) is 11.5 Å². The Morgan fingerprint density at radius 2 is 1.74 bits per heavy atom. The lowest BCUT2D eigenvalue weighted by molar-refractivity contribution is -0.144. The van der Waals surface area contributed by atoms with Crippen molar-refractivity contribution in [3.63, 3.8) is 0 Å². The zero-order chi connectivity index (χ0) is 16.6. The van der Waals surface area contributed by atoms with Crippen LogP contribution in [0.25, 0.3) is 0 Å². The molecule has 0 spiro atoms. The van der Waals surface area contributed by atoms with E-state index in [9.17, 15) is 9.59 Å². The van der Waals surface area contributed by atoms with Gasteiger partial charge in [-0.3, -0.25) is 9.59 Å². The molecule has 1 aromatic rings. The van der Waals surface area contributed by atoms with Crippen LogP contribution in [0.15, 0.2) is 12.1 Å². The zero-order valence-corrected chi connectivity index (χ0v) is 13.8. The molecule has 2 aliphatic rings. The fraction of sp³-hybridized carbons (Fsp3) is 0.529. The second-order valence-electron chi connectivity index (χ2n) is 6.11. The minimum Gasteiger partial charge on any atom is -0.493 e. The Hall–Kier alpha value is -2.24. The lowest BCUT2D eigenvalue weighted by Gasteiger charge is -2.32. The maximum Gasteiger partial charge on any atom is 0.238 e. The van der Waals surface area contributed by atoms with Crippen molar-refractivity contribution in [3.8, 4) is 11.5 Å². The summed E-state index contributed by atoms with van der Waals surface area (Å²) in [6.07, 6.45) is 2.03. The SMILES string of the molecule is CNC(=O)C1(C(=O)N2CCc3cc(OC)c(OC)cc3C2)CC1. The first kappa shape index (κ1) is 15.6. The highest BCUT2D eigenvalue weighted by molar-refractivity contribution is 6.07. The highest BCUT2D eigenvalue weighted by Crippen LogP contribution is 2.48. The van der Waals surface area contributed by atoms with E-state index in [2.05, 4.69) is 5.32 Å². The molecule has 6 heteroatoms. The Labute approximate surface area is 135 Å². The molecule has 1 fully saturated rings. The van der Waals surface area contributed by atoms with Gasteiger partial charge in [-0.15, -0.1) is 0 Å². The molecule has 6 nitrogen and oxygen atoms in total. The average Bonchev–Trinajstić information content (AvgIpc) is 3.40. The van der Waals surface area contributed by atoms with Gasteiger partial charge in [0.1, 0.15) is 5.41 Å². The van der Waals surface area contributed by atoms with E-state index in [0.29, 0.717) is 37.4 Å². The third kappa shape index (κ3) is 2.52. The number of ether oxygens (including phenoxy) is 2. The number of benzene rings is 1. The zero-order valence-electron chi connectivity index (χ0n) is 13.8. The maximum absolute atomic E-state index is 12.8. The lowest BCUT2D eigenvalue weighted by atomic mass is 9.96. The van der Waals surface area contributed by atoms with Crippen LogP contribution in [0.3, 0.4) is 0 Å². The second kappa shape index (κ2) is 5.76. The molecule has 0 radical (unpaired) electrons. The van der Waals surface area contributed by atoms with E-state index in [1.807, 2.05) is 12.1 Å². The standard InChI is InChI=1S/C17H22N2O4/c1-18-15(20)17(5-6-17)16(21)19-7-4-11-8-13(22-2)14(23-3)9-12(11)10-19/h8-9H,4-7,10H2,1-3H3,(H,18,20). The molecular formula is C17H22N2O4. The van der Waals surface area contributed by atoms with Gasteiger partial charge in [0.05, 0.1) is 14.2 Å². The molecular weight excluding hydrogens is 296 g/mol. The molecule has 1 aromatic carbocycles. The van der Waals surface area contributed by atoms with Crippen LogP contribution >= 0.6 is 0 Å². The van der Waals surface area contributed by atoms with Crippen molar-refractivity contribution in [2.75, 3.05) is 27.8 Å². The van der Waals surface area contributed by atoms with Gasteiger partial charge in [-0.1, -0.05) is 0 Å². The summed E-state index contributed by atoms with van der Waals surface area (Å²) in [6, 6.07) is 3.90. The monoisotopic (exact) mass is 318 g/mol. The van der Waals surface area contributed by atoms with Crippen molar-refractivity contribution in [1.82, 2.24) is 10.2 Å². The quantitative estimate of drug-likeness (QED) is 0.845. The summed E-state index contributed by atoms with van der Waals surface area (Å²) in [4.78, 5) is 26.6. The largest absolute Gasteiger partial charge is 0.493 e. The van der Waals surface area contributed by atoms with Crippen molar-refractivity contribution in [2.45, 2.75) is 25.8 Å². The molecule has 1 aliphatic heterocycles. The summed E-state index contributed by atoms with van der Waals surface area (Å²) in [6.45, 7) is 1.13. The first-order valence-electron chi connectivity index (χ1n) is 7.81. The summed E-state index contributed by atoms with van der Waals surface area (Å²) < 4.78 is 10.7. The fourth-order valence-electron chi connectivity index (χ4n) is 3.26. The van der Waals surface area contributed by atoms with Gasteiger partial charge < -0.3 is 19.7 Å². The van der Waals surface area contributed by atoms with Gasteiger partial charge in [-0.25, -0.2) is 0 Å². The average molecular weight is 318 g/mol. The molecule has 124 valence electrons. The Morgan fingerprint density at radius 3 is 2.26 bits per heavy atom. The molecule has 0 atom stereocenters. The summed E-state index contributed by atoms with van der Waals surface area (Å²) in [5.74, 6) is 1.14. The molecule has 23 heavy (non-hydrogen) atoms. The first-order valence-corrected chi connectivity index (χ1v) is 7.81. The van der Waals surface area contributed by atoms with E-state index in [0.717, 1.165) is 17.5 Å². The Bertz CT molecular complexity index is 652. The predicted octanol–water partition coefficient (Wildman–Crippen LogP) is 1.11. The van der Waals surface area contributed by atoms with Gasteiger partial charge in [-0.05, 0) is 42.5 Å². The highest BCUT2D eigenvalue weighted by atomic mass is 16.5. The van der Waals surface area contributed by atoms with Gasteiger partial charge in [0, 0.05) is 20.1 Å². The predicted molar refractivity (Wildman–Crippen MR) is 84.4 cm³/mol. The molecule has 0 unspecified atom stereocenters. The normalized spacial score (nSPS) is 18.0. The number of nitrogens with zero attached hydrogens (tertiary/aromatic N) is 1. The Morgan fingerprint density at radius 1 is 1.13 bits per heavy atom. The van der Waals surface area contributed by atoms with Crippen LogP contribution in [0.1, 0.15) is 24.0 Å². The third-order valence-corrected chi connectivity index (χ3v) is 4.83. The fourth-order valence-corrected chi connectivity index (χ4v) is 3.26. The third-order valence-electron chi connectivity index (χ3n) is 4.83. The smallest absolute Gasteiger partial charge is 0.238 e. The molecule has 2 amide bonds. The van der Waals surface area contributed by atoms with Crippen molar-refractivity contribution in [1.29, 1.82) is 0 Å². The Balaban J connectivity index is 1.83. The maximum atomic E-state index is 12.8. The van der Waals surface area contributed by atoms with E-state index in [1.165, 1.54) is 0 Å². The number of rotatable bonds is 4.